The Labute approximate surface area is 199 Å². The molecule has 0 unspecified atom stereocenters. The number of benzene rings is 2. The van der Waals surface area contributed by atoms with Gasteiger partial charge in [0.1, 0.15) is 0 Å². The van der Waals surface area contributed by atoms with Gasteiger partial charge in [-0.1, -0.05) is 64.1 Å². The van der Waals surface area contributed by atoms with Crippen molar-refractivity contribution in [2.24, 2.45) is 0 Å². The molecule has 4 heterocycles. The van der Waals surface area contributed by atoms with Crippen LogP contribution in [0.15, 0.2) is 72.1 Å². The lowest BCUT2D eigenvalue weighted by Gasteiger charge is -2.26. The van der Waals surface area contributed by atoms with E-state index in [1.807, 2.05) is 36.7 Å². The molecule has 0 fully saturated rings. The summed E-state index contributed by atoms with van der Waals surface area (Å²) in [5.41, 5.74) is 9.35. The lowest BCUT2D eigenvalue weighted by atomic mass is 9.89. The van der Waals surface area contributed by atoms with E-state index in [0.29, 0.717) is 23.0 Å². The van der Waals surface area contributed by atoms with E-state index in [2.05, 4.69) is 64.1 Å². The molecule has 4 aliphatic heterocycles. The van der Waals surface area contributed by atoms with Crippen LogP contribution in [-0.2, 0) is 9.59 Å². The second-order valence-corrected chi connectivity index (χ2v) is 9.80. The molecule has 0 bridgehead atoms. The Morgan fingerprint density at radius 3 is 1.41 bits per heavy atom. The molecule has 6 rings (SSSR count). The van der Waals surface area contributed by atoms with Crippen LogP contribution in [0.5, 0.6) is 0 Å². The van der Waals surface area contributed by atoms with Gasteiger partial charge in [-0.3, -0.25) is 19.4 Å². The van der Waals surface area contributed by atoms with Crippen LogP contribution in [0, 0.1) is 0 Å². The van der Waals surface area contributed by atoms with Crippen LogP contribution in [0.1, 0.15) is 72.9 Å². The Hall–Kier alpha value is -3.92. The predicted octanol–water partition coefficient (Wildman–Crippen LogP) is 6.27. The summed E-state index contributed by atoms with van der Waals surface area (Å²) in [5.74, 6) is 0.321. The summed E-state index contributed by atoms with van der Waals surface area (Å²) < 4.78 is 0. The highest BCUT2D eigenvalue weighted by Gasteiger charge is 2.39. The first kappa shape index (κ1) is 20.7. The van der Waals surface area contributed by atoms with E-state index < -0.39 is 0 Å². The number of rotatable bonds is 2. The second-order valence-electron chi connectivity index (χ2n) is 9.80. The first-order chi connectivity index (χ1) is 16.4. The molecule has 2 amide bonds. The van der Waals surface area contributed by atoms with Crippen LogP contribution in [0.3, 0.4) is 0 Å². The third kappa shape index (κ3) is 2.78. The zero-order valence-electron chi connectivity index (χ0n) is 19.8. The number of hydrogen-bond acceptors (Lipinski definition) is 2. The molecule has 0 N–H and O–H groups in total. The Kier molecular flexibility index (Phi) is 4.43. The van der Waals surface area contributed by atoms with Crippen molar-refractivity contribution in [2.45, 2.75) is 39.5 Å². The number of fused-ring (bicyclic) bond motifs is 6. The fraction of sp³-hybridized carbons (Fsp3) is 0.200. The third-order valence-corrected chi connectivity index (χ3v) is 7.09. The van der Waals surface area contributed by atoms with Crippen molar-refractivity contribution in [1.82, 2.24) is 9.80 Å². The molecule has 34 heavy (non-hydrogen) atoms. The second kappa shape index (κ2) is 7.29. The maximum absolute atomic E-state index is 13.5. The maximum atomic E-state index is 13.5. The van der Waals surface area contributed by atoms with E-state index >= 15 is 0 Å². The topological polar surface area (TPSA) is 40.6 Å². The lowest BCUT2D eigenvalue weighted by Crippen LogP contribution is -2.25. The largest absolute Gasteiger partial charge is 0.283 e. The van der Waals surface area contributed by atoms with Crippen molar-refractivity contribution in [2.75, 3.05) is 0 Å². The summed E-state index contributed by atoms with van der Waals surface area (Å²) in [4.78, 5) is 30.4. The lowest BCUT2D eigenvalue weighted by molar-refractivity contribution is -0.123. The molecule has 0 saturated heterocycles. The molecule has 0 aliphatic carbocycles. The average molecular weight is 447 g/mol. The van der Waals surface area contributed by atoms with E-state index in [9.17, 15) is 9.59 Å². The van der Waals surface area contributed by atoms with Gasteiger partial charge >= 0.3 is 0 Å². The fourth-order valence-electron chi connectivity index (χ4n) is 5.40. The van der Waals surface area contributed by atoms with E-state index in [1.54, 1.807) is 9.80 Å². The number of carbonyl (C=O) groups excluding carboxylic acids is 2. The number of hydrogen-bond donors (Lipinski definition) is 0. The first-order valence-corrected chi connectivity index (χ1v) is 11.8. The van der Waals surface area contributed by atoms with Crippen LogP contribution < -0.4 is 0 Å². The molecule has 0 aromatic heterocycles. The van der Waals surface area contributed by atoms with Gasteiger partial charge in [-0.25, -0.2) is 0 Å². The number of carbonyl (C=O) groups is 2. The highest BCUT2D eigenvalue weighted by atomic mass is 16.2. The van der Waals surface area contributed by atoms with Gasteiger partial charge in [-0.05, 0) is 58.4 Å². The monoisotopic (exact) mass is 446 g/mol. The number of nitrogens with zero attached hydrogens (tertiary/aromatic N) is 2. The molecular formula is C30H26N2O2. The van der Waals surface area contributed by atoms with Gasteiger partial charge in [0.2, 0.25) is 0 Å². The Bertz CT molecular complexity index is 1340. The molecule has 4 nitrogen and oxygen atoms in total. The van der Waals surface area contributed by atoms with Crippen LogP contribution in [0.25, 0.3) is 23.5 Å². The van der Waals surface area contributed by atoms with Crippen molar-refractivity contribution in [3.8, 4) is 0 Å². The van der Waals surface area contributed by atoms with E-state index in [1.165, 1.54) is 11.1 Å². The highest BCUT2D eigenvalue weighted by Crippen LogP contribution is 2.44. The molecule has 0 radical (unpaired) electrons. The van der Waals surface area contributed by atoms with Crippen molar-refractivity contribution in [3.05, 3.63) is 105 Å². The van der Waals surface area contributed by atoms with Gasteiger partial charge in [0.15, 0.2) is 0 Å². The molecule has 2 aromatic rings. The molecule has 4 heteroatoms. The Balaban J connectivity index is 1.55. The molecule has 2 aromatic carbocycles. The van der Waals surface area contributed by atoms with Crippen LogP contribution in [-0.4, -0.2) is 21.6 Å². The summed E-state index contributed by atoms with van der Waals surface area (Å²) in [5, 5.41) is 0. The summed E-state index contributed by atoms with van der Waals surface area (Å²) in [6.45, 7) is 8.64. The molecular weight excluding hydrogens is 420 g/mol. The SMILES string of the molecule is CC(C)c1cccc2c1C1=C/C(=C3/C=C4c5c(cccc5C(C)C)C=CN4C3=O)C(=O)N1C=C2. The summed E-state index contributed by atoms with van der Waals surface area (Å²) in [7, 11) is 0. The minimum absolute atomic E-state index is 0.156. The van der Waals surface area contributed by atoms with Crippen molar-refractivity contribution in [3.63, 3.8) is 0 Å². The molecule has 4 aliphatic rings. The van der Waals surface area contributed by atoms with E-state index in [-0.39, 0.29) is 11.8 Å². The summed E-state index contributed by atoms with van der Waals surface area (Å²) in [6.07, 6.45) is 11.4. The van der Waals surface area contributed by atoms with Gasteiger partial charge < -0.3 is 0 Å². The zero-order chi connectivity index (χ0) is 23.7. The Morgan fingerprint density at radius 1 is 0.618 bits per heavy atom. The smallest absolute Gasteiger partial charge is 0.263 e. The quantitative estimate of drug-likeness (QED) is 0.511. The van der Waals surface area contributed by atoms with E-state index in [0.717, 1.165) is 33.6 Å². The summed E-state index contributed by atoms with van der Waals surface area (Å²) >= 11 is 0. The highest BCUT2D eigenvalue weighted by molar-refractivity contribution is 6.20. The summed E-state index contributed by atoms with van der Waals surface area (Å²) in [6, 6.07) is 12.5. The van der Waals surface area contributed by atoms with Gasteiger partial charge in [0.25, 0.3) is 11.8 Å². The van der Waals surface area contributed by atoms with Gasteiger partial charge in [-0.2, -0.15) is 0 Å². The Morgan fingerprint density at radius 2 is 1.03 bits per heavy atom. The van der Waals surface area contributed by atoms with Crippen LogP contribution in [0.2, 0.25) is 0 Å². The molecule has 0 spiro atoms. The third-order valence-electron chi connectivity index (χ3n) is 7.09. The first-order valence-electron chi connectivity index (χ1n) is 11.8. The minimum atomic E-state index is -0.156. The standard InChI is InChI=1S/C30H26N2O2/c1-17(2)21-9-5-7-19-11-13-31-25(27(19)21)15-23(29(31)33)24-16-26-28-20(12-14-32(26)30(24)34)8-6-10-22(28)18(3)4/h5-18H,1-4H3/b24-23+. The maximum Gasteiger partial charge on any atom is 0.263 e. The van der Waals surface area contributed by atoms with Crippen LogP contribution in [0.4, 0.5) is 0 Å². The average Bonchev–Trinajstić information content (AvgIpc) is 3.34. The predicted molar refractivity (Wildman–Crippen MR) is 136 cm³/mol. The van der Waals surface area contributed by atoms with Gasteiger partial charge in [-0.15, -0.1) is 0 Å². The van der Waals surface area contributed by atoms with Crippen molar-refractivity contribution >= 4 is 35.4 Å². The molecule has 0 saturated carbocycles. The van der Waals surface area contributed by atoms with Crippen molar-refractivity contribution in [1.29, 1.82) is 0 Å². The normalized spacial score (nSPS) is 20.1. The number of amides is 2. The van der Waals surface area contributed by atoms with Crippen LogP contribution >= 0.6 is 0 Å². The van der Waals surface area contributed by atoms with Gasteiger partial charge in [0.05, 0.1) is 22.5 Å². The fourth-order valence-corrected chi connectivity index (χ4v) is 5.40. The zero-order valence-corrected chi connectivity index (χ0v) is 19.8. The van der Waals surface area contributed by atoms with Gasteiger partial charge in [0, 0.05) is 23.5 Å². The minimum Gasteiger partial charge on any atom is -0.283 e. The molecule has 0 atom stereocenters. The molecule has 168 valence electrons. The van der Waals surface area contributed by atoms with E-state index in [4.69, 9.17) is 0 Å². The van der Waals surface area contributed by atoms with Crippen molar-refractivity contribution < 1.29 is 9.59 Å².